The van der Waals surface area contributed by atoms with Crippen LogP contribution in [-0.4, -0.2) is 42.6 Å². The fourth-order valence-electron chi connectivity index (χ4n) is 2.48. The quantitative estimate of drug-likeness (QED) is 0.720. The number of aromatic nitrogens is 5. The van der Waals surface area contributed by atoms with E-state index in [9.17, 15) is 5.11 Å². The number of hydrogen-bond acceptors (Lipinski definition) is 6. The lowest BCUT2D eigenvalue weighted by molar-refractivity contribution is 0.318. The molecule has 1 aromatic carbocycles. The molecule has 0 aliphatic heterocycles. The highest BCUT2D eigenvalue weighted by molar-refractivity contribution is 5.84. The van der Waals surface area contributed by atoms with Gasteiger partial charge in [-0.2, -0.15) is 14.9 Å². The molecule has 130 valence electrons. The van der Waals surface area contributed by atoms with Gasteiger partial charge in [-0.05, 0) is 45.9 Å². The normalized spacial score (nSPS) is 11.4. The summed E-state index contributed by atoms with van der Waals surface area (Å²) in [7, 11) is 0. The van der Waals surface area contributed by atoms with Gasteiger partial charge in [0, 0.05) is 11.3 Å². The summed E-state index contributed by atoms with van der Waals surface area (Å²) in [5.41, 5.74) is 2.36. The predicted octanol–water partition coefficient (Wildman–Crippen LogP) is 2.38. The molecule has 0 radical (unpaired) electrons. The van der Waals surface area contributed by atoms with Gasteiger partial charge < -0.3 is 9.84 Å². The number of hydrogen-bond donors (Lipinski definition) is 1. The SMILES string of the molecule is CCOc1cccc(C=Nn2c(C)nnc2-n2nc(C)cc2C)c1O. The maximum Gasteiger partial charge on any atom is 0.273 e. The first-order valence-corrected chi connectivity index (χ1v) is 7.96. The zero-order valence-corrected chi connectivity index (χ0v) is 14.6. The molecule has 2 aromatic heterocycles. The molecule has 0 unspecified atom stereocenters. The minimum atomic E-state index is 0.0477. The molecule has 0 atom stereocenters. The van der Waals surface area contributed by atoms with Crippen LogP contribution in [-0.2, 0) is 0 Å². The number of phenols is 1. The number of aromatic hydroxyl groups is 1. The fraction of sp³-hybridized carbons (Fsp3) is 0.294. The van der Waals surface area contributed by atoms with Crippen molar-refractivity contribution >= 4 is 6.21 Å². The first kappa shape index (κ1) is 16.7. The van der Waals surface area contributed by atoms with E-state index in [0.717, 1.165) is 11.4 Å². The van der Waals surface area contributed by atoms with E-state index in [1.807, 2.05) is 26.8 Å². The highest BCUT2D eigenvalue weighted by atomic mass is 16.5. The van der Waals surface area contributed by atoms with Crippen LogP contribution < -0.4 is 4.74 Å². The molecule has 0 saturated heterocycles. The highest BCUT2D eigenvalue weighted by Crippen LogP contribution is 2.28. The molecular formula is C17H20N6O2. The van der Waals surface area contributed by atoms with Crippen LogP contribution in [0.2, 0.25) is 0 Å². The van der Waals surface area contributed by atoms with E-state index in [2.05, 4.69) is 20.4 Å². The Hall–Kier alpha value is -3.16. The summed E-state index contributed by atoms with van der Waals surface area (Å²) in [6, 6.07) is 7.22. The lowest BCUT2D eigenvalue weighted by atomic mass is 10.2. The lowest BCUT2D eigenvalue weighted by Crippen LogP contribution is -2.08. The number of phenolic OH excluding ortho intramolecular Hbond substituents is 1. The zero-order valence-electron chi connectivity index (χ0n) is 14.6. The van der Waals surface area contributed by atoms with Crippen LogP contribution in [0.15, 0.2) is 29.4 Å². The topological polar surface area (TPSA) is 90.4 Å². The van der Waals surface area contributed by atoms with Gasteiger partial charge in [-0.25, -0.2) is 4.68 Å². The maximum absolute atomic E-state index is 10.3. The van der Waals surface area contributed by atoms with Gasteiger partial charge in [0.05, 0.1) is 18.5 Å². The number of para-hydroxylation sites is 1. The van der Waals surface area contributed by atoms with Crippen LogP contribution in [0.3, 0.4) is 0 Å². The summed E-state index contributed by atoms with van der Waals surface area (Å²) in [5.74, 6) is 1.57. The van der Waals surface area contributed by atoms with Crippen molar-refractivity contribution in [2.45, 2.75) is 27.7 Å². The van der Waals surface area contributed by atoms with Crippen LogP contribution >= 0.6 is 0 Å². The second-order valence-corrected chi connectivity index (χ2v) is 5.57. The molecule has 0 spiro atoms. The molecule has 0 aliphatic rings. The van der Waals surface area contributed by atoms with Crippen molar-refractivity contribution in [2.75, 3.05) is 6.61 Å². The Morgan fingerprint density at radius 1 is 1.24 bits per heavy atom. The molecule has 8 nitrogen and oxygen atoms in total. The van der Waals surface area contributed by atoms with Crippen LogP contribution in [0.5, 0.6) is 11.5 Å². The molecule has 2 heterocycles. The van der Waals surface area contributed by atoms with Crippen molar-refractivity contribution in [1.82, 2.24) is 24.7 Å². The first-order chi connectivity index (χ1) is 12.0. The van der Waals surface area contributed by atoms with E-state index in [1.165, 1.54) is 0 Å². The van der Waals surface area contributed by atoms with E-state index in [4.69, 9.17) is 4.74 Å². The molecule has 1 N–H and O–H groups in total. The number of aryl methyl sites for hydroxylation is 3. The number of rotatable bonds is 5. The average molecular weight is 340 g/mol. The third-order valence-corrected chi connectivity index (χ3v) is 3.62. The van der Waals surface area contributed by atoms with Crippen LogP contribution in [0, 0.1) is 20.8 Å². The molecule has 0 fully saturated rings. The minimum absolute atomic E-state index is 0.0477. The van der Waals surface area contributed by atoms with Crippen molar-refractivity contribution < 1.29 is 9.84 Å². The Balaban J connectivity index is 1.99. The zero-order chi connectivity index (χ0) is 18.0. The monoisotopic (exact) mass is 340 g/mol. The summed E-state index contributed by atoms with van der Waals surface area (Å²) in [5, 5.41) is 27.3. The standard InChI is InChI=1S/C17H20N6O2/c1-5-25-15-8-6-7-14(16(15)24)10-18-23-13(4)19-20-17(23)22-12(3)9-11(2)21-22/h6-10,24H,5H2,1-4H3. The Morgan fingerprint density at radius 3 is 2.72 bits per heavy atom. The van der Waals surface area contributed by atoms with Gasteiger partial charge in [0.2, 0.25) is 0 Å². The van der Waals surface area contributed by atoms with Crippen molar-refractivity contribution in [1.29, 1.82) is 0 Å². The van der Waals surface area contributed by atoms with Gasteiger partial charge in [0.1, 0.15) is 0 Å². The van der Waals surface area contributed by atoms with E-state index in [0.29, 0.717) is 29.7 Å². The Kier molecular flexibility index (Phi) is 4.51. The third kappa shape index (κ3) is 3.23. The second-order valence-electron chi connectivity index (χ2n) is 5.57. The number of benzene rings is 1. The Morgan fingerprint density at radius 2 is 2.04 bits per heavy atom. The summed E-state index contributed by atoms with van der Waals surface area (Å²) in [4.78, 5) is 0. The molecule has 25 heavy (non-hydrogen) atoms. The van der Waals surface area contributed by atoms with Crippen molar-refractivity contribution in [3.8, 4) is 17.4 Å². The molecular weight excluding hydrogens is 320 g/mol. The van der Waals surface area contributed by atoms with Crippen LogP contribution in [0.1, 0.15) is 29.7 Å². The van der Waals surface area contributed by atoms with Gasteiger partial charge in [0.15, 0.2) is 17.3 Å². The largest absolute Gasteiger partial charge is 0.504 e. The van der Waals surface area contributed by atoms with Gasteiger partial charge in [-0.15, -0.1) is 10.2 Å². The van der Waals surface area contributed by atoms with Crippen molar-refractivity contribution in [3.05, 3.63) is 47.0 Å². The van der Waals surface area contributed by atoms with Gasteiger partial charge in [0.25, 0.3) is 5.95 Å². The summed E-state index contributed by atoms with van der Waals surface area (Å²) in [6.07, 6.45) is 1.55. The van der Waals surface area contributed by atoms with E-state index in [-0.39, 0.29) is 5.75 Å². The smallest absolute Gasteiger partial charge is 0.273 e. The molecule has 0 amide bonds. The highest BCUT2D eigenvalue weighted by Gasteiger charge is 2.14. The molecule has 8 heteroatoms. The maximum atomic E-state index is 10.3. The lowest BCUT2D eigenvalue weighted by Gasteiger charge is -2.07. The minimum Gasteiger partial charge on any atom is -0.504 e. The van der Waals surface area contributed by atoms with Crippen LogP contribution in [0.4, 0.5) is 0 Å². The first-order valence-electron chi connectivity index (χ1n) is 7.96. The second kappa shape index (κ2) is 6.76. The molecule has 0 bridgehead atoms. The van der Waals surface area contributed by atoms with E-state index < -0.39 is 0 Å². The third-order valence-electron chi connectivity index (χ3n) is 3.62. The van der Waals surface area contributed by atoms with Crippen molar-refractivity contribution in [3.63, 3.8) is 0 Å². The average Bonchev–Trinajstić information content (AvgIpc) is 3.10. The molecule has 3 rings (SSSR count). The van der Waals surface area contributed by atoms with E-state index in [1.54, 1.807) is 40.7 Å². The fourth-order valence-corrected chi connectivity index (χ4v) is 2.48. The van der Waals surface area contributed by atoms with E-state index >= 15 is 0 Å². The van der Waals surface area contributed by atoms with Crippen LogP contribution in [0.25, 0.3) is 5.95 Å². The van der Waals surface area contributed by atoms with Gasteiger partial charge in [-0.3, -0.25) is 0 Å². The van der Waals surface area contributed by atoms with Gasteiger partial charge in [-0.1, -0.05) is 6.07 Å². The number of nitrogens with zero attached hydrogens (tertiary/aromatic N) is 6. The Bertz CT molecular complexity index is 925. The Labute approximate surface area is 145 Å². The molecule has 3 aromatic rings. The summed E-state index contributed by atoms with van der Waals surface area (Å²) < 4.78 is 8.65. The van der Waals surface area contributed by atoms with Gasteiger partial charge >= 0.3 is 0 Å². The molecule has 0 saturated carbocycles. The summed E-state index contributed by atoms with van der Waals surface area (Å²) >= 11 is 0. The van der Waals surface area contributed by atoms with Crippen molar-refractivity contribution in [2.24, 2.45) is 5.10 Å². The predicted molar refractivity (Wildman–Crippen MR) is 93.6 cm³/mol. The summed E-state index contributed by atoms with van der Waals surface area (Å²) in [6.45, 7) is 7.99. The number of ether oxygens (including phenoxy) is 1. The molecule has 0 aliphatic carbocycles.